The van der Waals surface area contributed by atoms with Gasteiger partial charge in [0.15, 0.2) is 0 Å². The summed E-state index contributed by atoms with van der Waals surface area (Å²) in [7, 11) is 0. The van der Waals surface area contributed by atoms with Gasteiger partial charge in [0, 0.05) is 17.4 Å². The molecule has 2 atom stereocenters. The number of nitrogens with zero attached hydrogens (tertiary/aromatic N) is 1. The van der Waals surface area contributed by atoms with Gasteiger partial charge >= 0.3 is 18.1 Å². The largest absolute Gasteiger partial charge is 0.463 e. The van der Waals surface area contributed by atoms with Crippen molar-refractivity contribution in [2.45, 2.75) is 45.9 Å². The predicted molar refractivity (Wildman–Crippen MR) is 137 cm³/mol. The van der Waals surface area contributed by atoms with Crippen molar-refractivity contribution in [3.63, 3.8) is 0 Å². The highest BCUT2D eigenvalue weighted by atomic mass is 32.2. The van der Waals surface area contributed by atoms with Crippen molar-refractivity contribution in [2.75, 3.05) is 12.4 Å². The van der Waals surface area contributed by atoms with Crippen molar-refractivity contribution in [3.8, 4) is 0 Å². The first-order chi connectivity index (χ1) is 17.4. The predicted octanol–water partition coefficient (Wildman–Crippen LogP) is 6.28. The van der Waals surface area contributed by atoms with Crippen LogP contribution in [0.25, 0.3) is 0 Å². The molecule has 1 aliphatic rings. The normalized spacial score (nSPS) is 18.0. The molecule has 2 unspecified atom stereocenters. The van der Waals surface area contributed by atoms with Crippen LogP contribution in [-0.4, -0.2) is 41.2 Å². The number of carbonyl (C=O) groups is 3. The zero-order chi connectivity index (χ0) is 27.3. The van der Waals surface area contributed by atoms with E-state index in [0.29, 0.717) is 4.88 Å². The Labute approximate surface area is 220 Å². The molecule has 0 fully saturated rings. The number of halogens is 3. The fourth-order valence-corrected chi connectivity index (χ4v) is 5.55. The van der Waals surface area contributed by atoms with E-state index in [-0.39, 0.29) is 40.0 Å². The summed E-state index contributed by atoms with van der Waals surface area (Å²) in [6.45, 7) is 6.44. The standard InChI is InChI=1S/C26H26F3NO5S2/c1-5-34-23(31)22-18(13-37-25(33)19-10-7-11-36-19)30-15(4)20(24(32)35-14(2)3)21(22)16-8-6-9-17(12-16)26(27,28)29/h6-12,14,20-21H,5,13H2,1-4H3. The molecule has 0 saturated carbocycles. The Kier molecular flexibility index (Phi) is 9.36. The molecule has 1 aromatic carbocycles. The molecule has 6 nitrogen and oxygen atoms in total. The van der Waals surface area contributed by atoms with Crippen molar-refractivity contribution >= 4 is 45.9 Å². The third kappa shape index (κ3) is 6.89. The Morgan fingerprint density at radius 3 is 2.49 bits per heavy atom. The zero-order valence-electron chi connectivity index (χ0n) is 20.6. The second-order valence-electron chi connectivity index (χ2n) is 8.45. The lowest BCUT2D eigenvalue weighted by molar-refractivity contribution is -0.150. The summed E-state index contributed by atoms with van der Waals surface area (Å²) < 4.78 is 51.4. The molecule has 0 amide bonds. The van der Waals surface area contributed by atoms with Crippen LogP contribution in [0.15, 0.2) is 58.0 Å². The lowest BCUT2D eigenvalue weighted by Gasteiger charge is -2.33. The summed E-state index contributed by atoms with van der Waals surface area (Å²) in [6.07, 6.45) is -5.14. The fourth-order valence-electron chi connectivity index (χ4n) is 3.97. The quantitative estimate of drug-likeness (QED) is 0.358. The minimum absolute atomic E-state index is 0.00397. The number of thiophene rings is 1. The topological polar surface area (TPSA) is 82.0 Å². The molecule has 198 valence electrons. The van der Waals surface area contributed by atoms with Gasteiger partial charge in [0.2, 0.25) is 5.12 Å². The number of aliphatic imine (C=N–C) groups is 1. The molecular weight excluding hydrogens is 527 g/mol. The molecule has 0 N–H and O–H groups in total. The summed E-state index contributed by atoms with van der Waals surface area (Å²) in [4.78, 5) is 44.0. The Hall–Kier alpha value is -2.92. The van der Waals surface area contributed by atoms with Gasteiger partial charge in [0.05, 0.1) is 34.4 Å². The summed E-state index contributed by atoms with van der Waals surface area (Å²) in [5.74, 6) is -3.89. The van der Waals surface area contributed by atoms with E-state index in [1.165, 1.54) is 23.5 Å². The van der Waals surface area contributed by atoms with Gasteiger partial charge in [-0.3, -0.25) is 14.6 Å². The molecule has 0 spiro atoms. The molecule has 1 aliphatic heterocycles. The van der Waals surface area contributed by atoms with E-state index >= 15 is 0 Å². The van der Waals surface area contributed by atoms with E-state index < -0.39 is 41.6 Å². The first-order valence-corrected chi connectivity index (χ1v) is 13.3. The van der Waals surface area contributed by atoms with Gasteiger partial charge < -0.3 is 9.47 Å². The number of esters is 2. The van der Waals surface area contributed by atoms with Crippen LogP contribution in [0.3, 0.4) is 0 Å². The van der Waals surface area contributed by atoms with Gasteiger partial charge in [-0.05, 0) is 50.8 Å². The summed E-state index contributed by atoms with van der Waals surface area (Å²) in [5, 5.41) is 1.52. The number of carbonyl (C=O) groups excluding carboxylic acids is 3. The third-order valence-electron chi connectivity index (χ3n) is 5.45. The van der Waals surface area contributed by atoms with E-state index in [0.717, 1.165) is 23.9 Å². The van der Waals surface area contributed by atoms with Gasteiger partial charge in [-0.25, -0.2) is 4.79 Å². The Morgan fingerprint density at radius 2 is 1.89 bits per heavy atom. The minimum Gasteiger partial charge on any atom is -0.463 e. The van der Waals surface area contributed by atoms with Crippen LogP contribution in [0.2, 0.25) is 0 Å². The number of rotatable bonds is 8. The molecular formula is C26H26F3NO5S2. The smallest absolute Gasteiger partial charge is 0.416 e. The Morgan fingerprint density at radius 1 is 1.16 bits per heavy atom. The lowest BCUT2D eigenvalue weighted by atomic mass is 9.75. The van der Waals surface area contributed by atoms with Crippen LogP contribution in [0, 0.1) is 5.92 Å². The molecule has 0 radical (unpaired) electrons. The maximum Gasteiger partial charge on any atom is 0.416 e. The van der Waals surface area contributed by atoms with Crippen molar-refractivity contribution in [1.82, 2.24) is 0 Å². The summed E-state index contributed by atoms with van der Waals surface area (Å²) >= 11 is 2.17. The number of hydrogen-bond donors (Lipinski definition) is 0. The van der Waals surface area contributed by atoms with Gasteiger partial charge in [-0.15, -0.1) is 11.3 Å². The molecule has 37 heavy (non-hydrogen) atoms. The van der Waals surface area contributed by atoms with Crippen LogP contribution in [-0.2, 0) is 25.2 Å². The number of benzene rings is 1. The highest BCUT2D eigenvalue weighted by Gasteiger charge is 2.44. The molecule has 0 saturated heterocycles. The van der Waals surface area contributed by atoms with E-state index in [2.05, 4.69) is 4.99 Å². The first kappa shape index (κ1) is 28.6. The number of alkyl halides is 3. The van der Waals surface area contributed by atoms with E-state index in [1.807, 2.05) is 0 Å². The van der Waals surface area contributed by atoms with Gasteiger partial charge in [-0.2, -0.15) is 13.2 Å². The number of ether oxygens (including phenoxy) is 2. The van der Waals surface area contributed by atoms with Crippen molar-refractivity contribution in [1.29, 1.82) is 0 Å². The Bertz CT molecular complexity index is 1220. The monoisotopic (exact) mass is 553 g/mol. The van der Waals surface area contributed by atoms with E-state index in [4.69, 9.17) is 9.47 Å². The average Bonchev–Trinajstić information content (AvgIpc) is 3.36. The van der Waals surface area contributed by atoms with Crippen LogP contribution in [0.4, 0.5) is 13.2 Å². The maximum absolute atomic E-state index is 13.6. The highest BCUT2D eigenvalue weighted by Crippen LogP contribution is 2.43. The highest BCUT2D eigenvalue weighted by molar-refractivity contribution is 8.14. The van der Waals surface area contributed by atoms with Crippen molar-refractivity contribution in [2.24, 2.45) is 10.9 Å². The minimum atomic E-state index is -4.64. The molecule has 1 aromatic heterocycles. The van der Waals surface area contributed by atoms with Gasteiger partial charge in [0.1, 0.15) is 5.92 Å². The fraction of sp³-hybridized carbons (Fsp3) is 0.385. The average molecular weight is 554 g/mol. The Balaban J connectivity index is 2.16. The number of thioether (sulfide) groups is 1. The van der Waals surface area contributed by atoms with Crippen LogP contribution in [0.5, 0.6) is 0 Å². The maximum atomic E-state index is 13.6. The second kappa shape index (κ2) is 12.1. The first-order valence-electron chi connectivity index (χ1n) is 11.5. The second-order valence-corrected chi connectivity index (χ2v) is 10.3. The molecule has 0 aliphatic carbocycles. The van der Waals surface area contributed by atoms with E-state index in [9.17, 15) is 27.6 Å². The van der Waals surface area contributed by atoms with Crippen molar-refractivity contribution < 1.29 is 37.0 Å². The van der Waals surface area contributed by atoms with Crippen LogP contribution < -0.4 is 0 Å². The summed E-state index contributed by atoms with van der Waals surface area (Å²) in [6, 6.07) is 7.88. The molecule has 2 heterocycles. The molecule has 3 rings (SSSR count). The molecule has 11 heteroatoms. The van der Waals surface area contributed by atoms with Crippen molar-refractivity contribution in [3.05, 3.63) is 69.1 Å². The summed E-state index contributed by atoms with van der Waals surface area (Å²) in [5.41, 5.74) is -0.468. The van der Waals surface area contributed by atoms with Crippen LogP contribution >= 0.6 is 23.1 Å². The molecule has 2 aromatic rings. The number of hydrogen-bond acceptors (Lipinski definition) is 8. The van der Waals surface area contributed by atoms with Crippen LogP contribution in [0.1, 0.15) is 54.4 Å². The van der Waals surface area contributed by atoms with Gasteiger partial charge in [-0.1, -0.05) is 36.0 Å². The zero-order valence-corrected chi connectivity index (χ0v) is 22.3. The van der Waals surface area contributed by atoms with E-state index in [1.54, 1.807) is 45.2 Å². The third-order valence-corrected chi connectivity index (χ3v) is 7.35. The SMILES string of the molecule is CCOC(=O)C1=C(CSC(=O)c2cccs2)N=C(C)C(C(=O)OC(C)C)C1c1cccc(C(F)(F)F)c1. The molecule has 0 bridgehead atoms. The lowest BCUT2D eigenvalue weighted by Crippen LogP contribution is -2.38. The van der Waals surface area contributed by atoms with Gasteiger partial charge in [0.25, 0.3) is 0 Å².